The first-order chi connectivity index (χ1) is 20.9. The van der Waals surface area contributed by atoms with E-state index in [2.05, 4.69) is 41.0 Å². The van der Waals surface area contributed by atoms with Crippen molar-refractivity contribution in [2.75, 3.05) is 0 Å². The minimum Gasteiger partial charge on any atom is -0.309 e. The molecule has 0 aliphatic heterocycles. The average Bonchev–Trinajstić information content (AvgIpc) is 3.57. The first-order valence-electron chi connectivity index (χ1n) is 15.1. The van der Waals surface area contributed by atoms with Crippen LogP contribution in [0.4, 0.5) is 0 Å². The van der Waals surface area contributed by atoms with Gasteiger partial charge in [0, 0.05) is 27.2 Å². The molecule has 178 valence electrons. The number of nitrogens with zero attached hydrogens (tertiary/aromatic N) is 2. The van der Waals surface area contributed by atoms with Crippen molar-refractivity contribution in [3.63, 3.8) is 0 Å². The topological polar surface area (TPSA) is 9.86 Å². The summed E-state index contributed by atoms with van der Waals surface area (Å²) in [6.07, 6.45) is 0. The average molecular weight is 490 g/mol. The highest BCUT2D eigenvalue weighted by atomic mass is 15.0. The molecular weight excluding hydrogens is 460 g/mol. The highest BCUT2D eigenvalue weighted by molar-refractivity contribution is 6.16. The second kappa shape index (κ2) is 8.22. The van der Waals surface area contributed by atoms with Crippen LogP contribution in [0.1, 0.15) is 6.85 Å². The van der Waals surface area contributed by atoms with Crippen molar-refractivity contribution in [3.8, 4) is 22.5 Å². The summed E-state index contributed by atoms with van der Waals surface area (Å²) < 4.78 is 46.7. The van der Waals surface area contributed by atoms with Gasteiger partial charge in [-0.2, -0.15) is 0 Å². The van der Waals surface area contributed by atoms with Crippen molar-refractivity contribution < 1.29 is 6.85 Å². The number of hydrogen-bond acceptors (Lipinski definition) is 0. The van der Waals surface area contributed by atoms with Crippen molar-refractivity contribution >= 4 is 43.6 Å². The summed E-state index contributed by atoms with van der Waals surface area (Å²) in [5.74, 6) is 0. The monoisotopic (exact) mass is 489 g/mol. The Morgan fingerprint density at radius 2 is 1.13 bits per heavy atom. The number of hydrogen-bond donors (Lipinski definition) is 0. The molecule has 0 amide bonds. The second-order valence-corrected chi connectivity index (χ2v) is 9.44. The molecule has 0 atom stereocenters. The molecule has 2 nitrogen and oxygen atoms in total. The van der Waals surface area contributed by atoms with E-state index in [1.54, 1.807) is 12.1 Å². The Kier molecular flexibility index (Phi) is 3.60. The molecule has 38 heavy (non-hydrogen) atoms. The van der Waals surface area contributed by atoms with Gasteiger partial charge in [-0.1, -0.05) is 103 Å². The fraction of sp³-hybridized carbons (Fsp3) is 0. The van der Waals surface area contributed by atoms with Gasteiger partial charge in [0.15, 0.2) is 0 Å². The van der Waals surface area contributed by atoms with Crippen LogP contribution >= 0.6 is 0 Å². The molecule has 0 aliphatic rings. The van der Waals surface area contributed by atoms with Crippen LogP contribution in [0.25, 0.3) is 66.1 Å². The highest BCUT2D eigenvalue weighted by Crippen LogP contribution is 2.40. The van der Waals surface area contributed by atoms with Gasteiger partial charge >= 0.3 is 0 Å². The lowest BCUT2D eigenvalue weighted by molar-refractivity contribution is 1.17. The Hall–Kier alpha value is -5.08. The summed E-state index contributed by atoms with van der Waals surface area (Å²) in [6.45, 7) is 0. The van der Waals surface area contributed by atoms with E-state index in [1.807, 2.05) is 71.3 Å². The Balaban J connectivity index is 1.49. The van der Waals surface area contributed by atoms with E-state index < -0.39 is 0 Å². The molecular formula is C36H24N2. The predicted molar refractivity (Wildman–Crippen MR) is 161 cm³/mol. The Morgan fingerprint density at radius 3 is 2.00 bits per heavy atom. The third-order valence-electron chi connectivity index (χ3n) is 7.38. The summed E-state index contributed by atoms with van der Waals surface area (Å²) in [6, 6.07) is 38.0. The van der Waals surface area contributed by atoms with Gasteiger partial charge in [0.2, 0.25) is 0 Å². The van der Waals surface area contributed by atoms with Gasteiger partial charge < -0.3 is 9.13 Å². The van der Waals surface area contributed by atoms with E-state index in [0.29, 0.717) is 16.9 Å². The molecule has 0 saturated heterocycles. The van der Waals surface area contributed by atoms with Crippen molar-refractivity contribution in [2.45, 2.75) is 0 Å². The van der Waals surface area contributed by atoms with Gasteiger partial charge in [0.25, 0.3) is 0 Å². The maximum absolute atomic E-state index is 8.95. The molecule has 2 aromatic heterocycles. The van der Waals surface area contributed by atoms with Crippen molar-refractivity contribution in [3.05, 3.63) is 145 Å². The van der Waals surface area contributed by atoms with Crippen LogP contribution < -0.4 is 0 Å². The highest BCUT2D eigenvalue weighted by Gasteiger charge is 2.19. The third-order valence-corrected chi connectivity index (χ3v) is 7.38. The minimum absolute atomic E-state index is 0.0317. The first kappa shape index (κ1) is 16.6. The lowest BCUT2D eigenvalue weighted by Gasteiger charge is -2.12. The zero-order valence-corrected chi connectivity index (χ0v) is 20.4. The maximum atomic E-state index is 8.95. The van der Waals surface area contributed by atoms with Gasteiger partial charge in [-0.25, -0.2) is 0 Å². The van der Waals surface area contributed by atoms with E-state index in [1.165, 1.54) is 0 Å². The molecule has 0 aliphatic carbocycles. The molecule has 0 bridgehead atoms. The largest absolute Gasteiger partial charge is 0.309 e. The van der Waals surface area contributed by atoms with E-state index in [4.69, 9.17) is 6.85 Å². The summed E-state index contributed by atoms with van der Waals surface area (Å²) in [5, 5.41) is 3.35. The second-order valence-electron chi connectivity index (χ2n) is 9.44. The number of rotatable bonds is 3. The van der Waals surface area contributed by atoms with E-state index in [9.17, 15) is 0 Å². The Morgan fingerprint density at radius 1 is 0.447 bits per heavy atom. The summed E-state index contributed by atoms with van der Waals surface area (Å²) in [5.41, 5.74) is 7.27. The van der Waals surface area contributed by atoms with E-state index >= 15 is 0 Å². The summed E-state index contributed by atoms with van der Waals surface area (Å²) in [4.78, 5) is 0. The zero-order chi connectivity index (χ0) is 29.4. The van der Waals surface area contributed by atoms with Crippen LogP contribution in [0.15, 0.2) is 145 Å². The predicted octanol–water partition coefficient (Wildman–Crippen LogP) is 9.55. The molecule has 0 fully saturated rings. The van der Waals surface area contributed by atoms with Crippen molar-refractivity contribution in [2.24, 2.45) is 0 Å². The molecule has 2 heteroatoms. The van der Waals surface area contributed by atoms with Crippen molar-refractivity contribution in [1.82, 2.24) is 9.13 Å². The van der Waals surface area contributed by atoms with Crippen LogP contribution in [0.5, 0.6) is 0 Å². The Bertz CT molecular complexity index is 2400. The van der Waals surface area contributed by atoms with E-state index in [0.717, 1.165) is 55.2 Å². The number of fused-ring (bicyclic) bond motifs is 6. The first-order valence-corrected chi connectivity index (χ1v) is 12.6. The SMILES string of the molecule is [2H]c1ccc(-c2cccc(-n3c4ccccc4c4c(-n5c6ccccc6c6c([2H])c([2H])c([2H])c([2H])c65)cccc43)c2)cc1. The van der Waals surface area contributed by atoms with Crippen molar-refractivity contribution in [1.29, 1.82) is 0 Å². The smallest absolute Gasteiger partial charge is 0.0645 e. The molecule has 0 spiro atoms. The molecule has 0 radical (unpaired) electrons. The van der Waals surface area contributed by atoms with Crippen LogP contribution in [-0.4, -0.2) is 9.13 Å². The third kappa shape index (κ3) is 3.01. The molecule has 6 aromatic carbocycles. The quantitative estimate of drug-likeness (QED) is 0.234. The fourth-order valence-corrected chi connectivity index (χ4v) is 5.79. The van der Waals surface area contributed by atoms with Gasteiger partial charge in [-0.05, 0) is 53.6 Å². The van der Waals surface area contributed by atoms with Gasteiger partial charge in [-0.3, -0.25) is 0 Å². The summed E-state index contributed by atoms with van der Waals surface area (Å²) in [7, 11) is 0. The number of aromatic nitrogens is 2. The zero-order valence-electron chi connectivity index (χ0n) is 25.4. The molecule has 8 aromatic rings. The number of benzene rings is 6. The fourth-order valence-electron chi connectivity index (χ4n) is 5.79. The maximum Gasteiger partial charge on any atom is 0.0645 e. The molecule has 2 heterocycles. The van der Waals surface area contributed by atoms with Gasteiger partial charge in [0.1, 0.15) is 0 Å². The minimum atomic E-state index is -0.244. The lowest BCUT2D eigenvalue weighted by Crippen LogP contribution is -1.96. The molecule has 8 rings (SSSR count). The lowest BCUT2D eigenvalue weighted by atomic mass is 10.1. The standard InChI is InChI=1S/C36H24N2/c1-2-12-25(13-3-1)26-14-10-15-27(24-26)37-33-21-9-6-18-30(33)36-34(37)22-11-23-35(36)38-31-19-7-4-16-28(31)29-17-5-8-20-32(29)38/h1-24H/i1D,4D,7D,16D,19D. The summed E-state index contributed by atoms with van der Waals surface area (Å²) >= 11 is 0. The van der Waals surface area contributed by atoms with Crippen LogP contribution in [0.2, 0.25) is 0 Å². The molecule has 0 saturated carbocycles. The van der Waals surface area contributed by atoms with Crippen LogP contribution in [0, 0.1) is 0 Å². The van der Waals surface area contributed by atoms with Crippen LogP contribution in [0.3, 0.4) is 0 Å². The van der Waals surface area contributed by atoms with Gasteiger partial charge in [0.05, 0.1) is 34.6 Å². The van der Waals surface area contributed by atoms with Crippen LogP contribution in [-0.2, 0) is 0 Å². The molecule has 0 unspecified atom stereocenters. The molecule has 0 N–H and O–H groups in total. The van der Waals surface area contributed by atoms with E-state index in [-0.39, 0.29) is 24.2 Å². The normalized spacial score (nSPS) is 13.5. The Labute approximate surface area is 227 Å². The number of para-hydroxylation sites is 3. The van der Waals surface area contributed by atoms with Gasteiger partial charge in [-0.15, -0.1) is 0 Å².